The molecule has 0 aromatic heterocycles. The number of anilines is 2. The number of rotatable bonds is 2. The topological polar surface area (TPSA) is 55.1 Å². The van der Waals surface area contributed by atoms with Gasteiger partial charge in [-0.2, -0.15) is 0 Å². The van der Waals surface area contributed by atoms with E-state index in [0.717, 1.165) is 0 Å². The Morgan fingerprint density at radius 1 is 1.15 bits per heavy atom. The molecule has 2 rings (SSSR count). The summed E-state index contributed by atoms with van der Waals surface area (Å²) in [7, 11) is 0. The number of carbonyl (C=O) groups is 1. The van der Waals surface area contributed by atoms with Crippen molar-refractivity contribution in [2.75, 3.05) is 11.1 Å². The maximum Gasteiger partial charge on any atom is 0.257 e. The van der Waals surface area contributed by atoms with E-state index in [1.165, 1.54) is 12.1 Å². The molecule has 0 unspecified atom stereocenters. The molecule has 0 saturated heterocycles. The molecule has 0 atom stereocenters. The minimum atomic E-state index is -0.424. The fraction of sp³-hybridized carbons (Fsp3) is 0. The van der Waals surface area contributed by atoms with Crippen molar-refractivity contribution in [2.24, 2.45) is 0 Å². The van der Waals surface area contributed by atoms with Gasteiger partial charge < -0.3 is 11.1 Å². The minimum Gasteiger partial charge on any atom is -0.399 e. The van der Waals surface area contributed by atoms with Crippen molar-refractivity contribution in [3.63, 3.8) is 0 Å². The van der Waals surface area contributed by atoms with Crippen LogP contribution in [0.1, 0.15) is 10.4 Å². The molecule has 3 N–H and O–H groups in total. The third-order valence-electron chi connectivity index (χ3n) is 2.49. The van der Waals surface area contributed by atoms with Gasteiger partial charge in [-0.3, -0.25) is 4.79 Å². The van der Waals surface area contributed by atoms with E-state index in [1.807, 2.05) is 0 Å². The van der Waals surface area contributed by atoms with Crippen molar-refractivity contribution in [1.29, 1.82) is 0 Å². The summed E-state index contributed by atoms with van der Waals surface area (Å²) in [5.41, 5.74) is 6.74. The molecule has 0 aliphatic carbocycles. The first-order valence-electron chi connectivity index (χ1n) is 5.40. The van der Waals surface area contributed by atoms with Crippen LogP contribution in [0.2, 0.25) is 15.1 Å². The third-order valence-corrected chi connectivity index (χ3v) is 4.69. The smallest absolute Gasteiger partial charge is 0.257 e. The van der Waals surface area contributed by atoms with Gasteiger partial charge in [0.05, 0.1) is 30.8 Å². The number of benzene rings is 2. The zero-order valence-electron chi connectivity index (χ0n) is 9.88. The molecule has 20 heavy (non-hydrogen) atoms. The standard InChI is InChI=1S/C13H8BrCl3N2O/c14-11-8(15)2-1-3-10(11)19-13(20)7-4-6(18)5-9(16)12(7)17/h1-5H,18H2,(H,19,20). The number of amides is 1. The molecule has 0 aliphatic heterocycles. The summed E-state index contributed by atoms with van der Waals surface area (Å²) < 4.78 is 0.584. The average Bonchev–Trinajstić information content (AvgIpc) is 2.39. The van der Waals surface area contributed by atoms with Crippen LogP contribution in [0, 0.1) is 0 Å². The summed E-state index contributed by atoms with van der Waals surface area (Å²) in [5.74, 6) is -0.424. The molecule has 0 spiro atoms. The molecule has 2 aromatic carbocycles. The summed E-state index contributed by atoms with van der Waals surface area (Å²) in [6, 6.07) is 8.07. The van der Waals surface area contributed by atoms with Crippen LogP contribution < -0.4 is 11.1 Å². The van der Waals surface area contributed by atoms with Crippen LogP contribution in [-0.2, 0) is 0 Å². The van der Waals surface area contributed by atoms with Gasteiger partial charge in [0.15, 0.2) is 0 Å². The molecule has 2 aromatic rings. The molecule has 104 valence electrons. The van der Waals surface area contributed by atoms with Gasteiger partial charge in [0.25, 0.3) is 5.91 Å². The predicted molar refractivity (Wildman–Crippen MR) is 88.0 cm³/mol. The molecule has 0 bridgehead atoms. The van der Waals surface area contributed by atoms with E-state index in [1.54, 1.807) is 18.2 Å². The number of nitrogens with two attached hydrogens (primary N) is 1. The second kappa shape index (κ2) is 6.22. The molecule has 0 aliphatic rings. The van der Waals surface area contributed by atoms with Crippen molar-refractivity contribution in [3.05, 3.63) is 55.4 Å². The first kappa shape index (κ1) is 15.4. The van der Waals surface area contributed by atoms with E-state index in [0.29, 0.717) is 20.9 Å². The lowest BCUT2D eigenvalue weighted by Crippen LogP contribution is -2.13. The van der Waals surface area contributed by atoms with Crippen LogP contribution in [-0.4, -0.2) is 5.91 Å². The van der Waals surface area contributed by atoms with Crippen molar-refractivity contribution < 1.29 is 4.79 Å². The van der Waals surface area contributed by atoms with Gasteiger partial charge >= 0.3 is 0 Å². The second-order valence-electron chi connectivity index (χ2n) is 3.92. The van der Waals surface area contributed by atoms with Gasteiger partial charge in [0.2, 0.25) is 0 Å². The van der Waals surface area contributed by atoms with Gasteiger partial charge in [0, 0.05) is 5.69 Å². The number of hydrogen-bond donors (Lipinski definition) is 2. The van der Waals surface area contributed by atoms with Gasteiger partial charge in [-0.25, -0.2) is 0 Å². The van der Waals surface area contributed by atoms with E-state index < -0.39 is 5.91 Å². The highest BCUT2D eigenvalue weighted by molar-refractivity contribution is 9.10. The summed E-state index contributed by atoms with van der Waals surface area (Å²) >= 11 is 21.2. The molecular weight excluding hydrogens is 386 g/mol. The first-order chi connectivity index (χ1) is 9.40. The Morgan fingerprint density at radius 2 is 1.85 bits per heavy atom. The molecule has 0 heterocycles. The fourth-order valence-electron chi connectivity index (χ4n) is 1.57. The van der Waals surface area contributed by atoms with E-state index in [9.17, 15) is 4.79 Å². The number of halogens is 4. The molecule has 0 fully saturated rings. The maximum absolute atomic E-state index is 12.2. The molecule has 3 nitrogen and oxygen atoms in total. The Morgan fingerprint density at radius 3 is 2.55 bits per heavy atom. The first-order valence-corrected chi connectivity index (χ1v) is 7.32. The van der Waals surface area contributed by atoms with Gasteiger partial charge in [-0.15, -0.1) is 0 Å². The highest BCUT2D eigenvalue weighted by Crippen LogP contribution is 2.32. The highest BCUT2D eigenvalue weighted by Gasteiger charge is 2.16. The summed E-state index contributed by atoms with van der Waals surface area (Å²) in [4.78, 5) is 12.2. The Labute approximate surface area is 139 Å². The maximum atomic E-state index is 12.2. The van der Waals surface area contributed by atoms with E-state index in [2.05, 4.69) is 21.2 Å². The largest absolute Gasteiger partial charge is 0.399 e. The van der Waals surface area contributed by atoms with Crippen molar-refractivity contribution in [1.82, 2.24) is 0 Å². The molecule has 0 saturated carbocycles. The molecular formula is C13H8BrCl3N2O. The lowest BCUT2D eigenvalue weighted by molar-refractivity contribution is 0.102. The SMILES string of the molecule is Nc1cc(Cl)c(Cl)c(C(=O)Nc2cccc(Cl)c2Br)c1. The summed E-state index contributed by atoms with van der Waals surface area (Å²) in [5, 5.41) is 3.55. The zero-order valence-corrected chi connectivity index (χ0v) is 13.7. The summed E-state index contributed by atoms with van der Waals surface area (Å²) in [6.07, 6.45) is 0. The van der Waals surface area contributed by atoms with Gasteiger partial charge in [-0.1, -0.05) is 40.9 Å². The van der Waals surface area contributed by atoms with Crippen molar-refractivity contribution in [2.45, 2.75) is 0 Å². The van der Waals surface area contributed by atoms with Crippen LogP contribution in [0.4, 0.5) is 11.4 Å². The van der Waals surface area contributed by atoms with E-state index >= 15 is 0 Å². The lowest BCUT2D eigenvalue weighted by Gasteiger charge is -2.10. The number of nitrogen functional groups attached to an aromatic ring is 1. The monoisotopic (exact) mass is 392 g/mol. The van der Waals surface area contributed by atoms with Gasteiger partial charge in [-0.05, 0) is 40.2 Å². The minimum absolute atomic E-state index is 0.150. The Balaban J connectivity index is 2.36. The second-order valence-corrected chi connectivity index (χ2v) is 5.91. The van der Waals surface area contributed by atoms with E-state index in [4.69, 9.17) is 40.5 Å². The summed E-state index contributed by atoms with van der Waals surface area (Å²) in [6.45, 7) is 0. The molecule has 1 amide bonds. The van der Waals surface area contributed by atoms with E-state index in [-0.39, 0.29) is 15.6 Å². The van der Waals surface area contributed by atoms with Crippen LogP contribution in [0.3, 0.4) is 0 Å². The molecule has 0 radical (unpaired) electrons. The average molecular weight is 394 g/mol. The lowest BCUT2D eigenvalue weighted by atomic mass is 10.2. The third kappa shape index (κ3) is 3.20. The normalized spacial score (nSPS) is 10.4. The fourth-order valence-corrected chi connectivity index (χ4v) is 2.53. The van der Waals surface area contributed by atoms with Crippen LogP contribution in [0.15, 0.2) is 34.8 Å². The molecule has 7 heteroatoms. The van der Waals surface area contributed by atoms with Crippen LogP contribution >= 0.6 is 50.7 Å². The Hall–Kier alpha value is -0.940. The van der Waals surface area contributed by atoms with Crippen LogP contribution in [0.25, 0.3) is 0 Å². The number of nitrogens with one attached hydrogen (secondary N) is 1. The number of hydrogen-bond acceptors (Lipinski definition) is 2. The highest BCUT2D eigenvalue weighted by atomic mass is 79.9. The quantitative estimate of drug-likeness (QED) is 0.684. The number of carbonyl (C=O) groups excluding carboxylic acids is 1. The van der Waals surface area contributed by atoms with Crippen molar-refractivity contribution in [3.8, 4) is 0 Å². The Bertz CT molecular complexity index is 692. The van der Waals surface area contributed by atoms with Crippen LogP contribution in [0.5, 0.6) is 0 Å². The zero-order chi connectivity index (χ0) is 14.9. The van der Waals surface area contributed by atoms with Crippen molar-refractivity contribution >= 4 is 68.0 Å². The predicted octanol–water partition coefficient (Wildman–Crippen LogP) is 5.24. The Kier molecular flexibility index (Phi) is 4.81. The van der Waals surface area contributed by atoms with Gasteiger partial charge in [0.1, 0.15) is 0 Å².